The first-order valence-electron chi connectivity index (χ1n) is 7.47. The topological polar surface area (TPSA) is 49.5 Å². The van der Waals surface area contributed by atoms with Gasteiger partial charge < -0.3 is 15.7 Å². The molecule has 4 heteroatoms. The molecule has 3 nitrogen and oxygen atoms in total. The van der Waals surface area contributed by atoms with E-state index in [0.717, 1.165) is 24.2 Å². The fraction of sp³-hybridized carbons (Fsp3) is 0.625. The van der Waals surface area contributed by atoms with Gasteiger partial charge in [-0.25, -0.2) is 4.39 Å². The maximum absolute atomic E-state index is 13.8. The Balaban J connectivity index is 2.37. The van der Waals surface area contributed by atoms with Crippen LogP contribution >= 0.6 is 0 Å². The maximum atomic E-state index is 13.8. The average Bonchev–Trinajstić information content (AvgIpc) is 2.34. The number of hydrogen-bond acceptors (Lipinski definition) is 3. The first kappa shape index (κ1) is 15.3. The molecular weight excluding hydrogens is 255 g/mol. The van der Waals surface area contributed by atoms with Crippen molar-refractivity contribution in [3.63, 3.8) is 0 Å². The molecule has 1 aliphatic carbocycles. The lowest BCUT2D eigenvalue weighted by Gasteiger charge is -2.41. The fourth-order valence-electron chi connectivity index (χ4n) is 2.73. The number of nitrogens with zero attached hydrogens (tertiary/aromatic N) is 1. The van der Waals surface area contributed by atoms with Crippen molar-refractivity contribution in [1.82, 2.24) is 0 Å². The van der Waals surface area contributed by atoms with Crippen LogP contribution in [0.4, 0.5) is 10.1 Å². The minimum Gasteiger partial charge on any atom is -0.396 e. The Labute approximate surface area is 120 Å². The van der Waals surface area contributed by atoms with E-state index >= 15 is 0 Å². The molecule has 1 unspecified atom stereocenters. The van der Waals surface area contributed by atoms with Gasteiger partial charge in [0, 0.05) is 30.9 Å². The molecule has 0 heterocycles. The number of aliphatic hydroxyl groups is 1. The van der Waals surface area contributed by atoms with Gasteiger partial charge in [-0.1, -0.05) is 0 Å². The minimum atomic E-state index is -0.197. The highest BCUT2D eigenvalue weighted by atomic mass is 19.1. The monoisotopic (exact) mass is 280 g/mol. The summed E-state index contributed by atoms with van der Waals surface area (Å²) in [6.45, 7) is 4.65. The SMILES string of the molecule is Cc1cc(N(CCCO)C2CCC2)c(C(C)N)cc1F. The minimum absolute atomic E-state index is 0.177. The Bertz CT molecular complexity index is 458. The third-order valence-electron chi connectivity index (χ3n) is 4.18. The van der Waals surface area contributed by atoms with E-state index in [4.69, 9.17) is 10.8 Å². The van der Waals surface area contributed by atoms with Crippen LogP contribution in [0.3, 0.4) is 0 Å². The van der Waals surface area contributed by atoms with E-state index in [2.05, 4.69) is 4.90 Å². The van der Waals surface area contributed by atoms with Crippen LogP contribution in [0, 0.1) is 12.7 Å². The van der Waals surface area contributed by atoms with Crippen molar-refractivity contribution in [3.05, 3.63) is 29.1 Å². The van der Waals surface area contributed by atoms with E-state index in [0.29, 0.717) is 11.6 Å². The lowest BCUT2D eigenvalue weighted by Crippen LogP contribution is -2.42. The molecule has 0 bridgehead atoms. The Morgan fingerprint density at radius 2 is 2.15 bits per heavy atom. The molecule has 1 aromatic rings. The predicted octanol–water partition coefficient (Wildman–Crippen LogP) is 2.90. The van der Waals surface area contributed by atoms with Gasteiger partial charge in [-0.3, -0.25) is 0 Å². The van der Waals surface area contributed by atoms with Crippen LogP contribution in [0.1, 0.15) is 49.8 Å². The molecule has 1 saturated carbocycles. The van der Waals surface area contributed by atoms with Crippen LogP contribution in [0.15, 0.2) is 12.1 Å². The Kier molecular flexibility index (Phi) is 5.00. The Morgan fingerprint density at radius 1 is 1.45 bits per heavy atom. The quantitative estimate of drug-likeness (QED) is 0.842. The van der Waals surface area contributed by atoms with Crippen LogP contribution in [-0.2, 0) is 0 Å². The van der Waals surface area contributed by atoms with E-state index in [-0.39, 0.29) is 18.5 Å². The molecule has 20 heavy (non-hydrogen) atoms. The van der Waals surface area contributed by atoms with Crippen molar-refractivity contribution < 1.29 is 9.50 Å². The molecule has 0 aliphatic heterocycles. The van der Waals surface area contributed by atoms with Crippen LogP contribution in [-0.4, -0.2) is 24.3 Å². The van der Waals surface area contributed by atoms with Gasteiger partial charge in [-0.2, -0.15) is 0 Å². The number of aliphatic hydroxyl groups excluding tert-OH is 1. The summed E-state index contributed by atoms with van der Waals surface area (Å²) in [7, 11) is 0. The molecule has 3 N–H and O–H groups in total. The summed E-state index contributed by atoms with van der Waals surface area (Å²) in [5, 5.41) is 9.10. The van der Waals surface area contributed by atoms with E-state index < -0.39 is 0 Å². The molecule has 1 aromatic carbocycles. The second kappa shape index (κ2) is 6.55. The Hall–Kier alpha value is -1.13. The van der Waals surface area contributed by atoms with Gasteiger partial charge in [0.2, 0.25) is 0 Å². The van der Waals surface area contributed by atoms with Gasteiger partial charge in [0.25, 0.3) is 0 Å². The molecule has 0 spiro atoms. The molecule has 0 amide bonds. The molecule has 0 aromatic heterocycles. The fourth-order valence-corrected chi connectivity index (χ4v) is 2.73. The van der Waals surface area contributed by atoms with Gasteiger partial charge in [-0.05, 0) is 62.8 Å². The Morgan fingerprint density at radius 3 is 2.65 bits per heavy atom. The molecule has 2 rings (SSSR count). The highest BCUT2D eigenvalue weighted by Gasteiger charge is 2.27. The standard InChI is InChI=1S/C16H25FN2O/c1-11-9-16(14(12(2)18)10-15(11)17)19(7-4-8-20)13-5-3-6-13/h9-10,12-13,20H,3-8,18H2,1-2H3. The summed E-state index contributed by atoms with van der Waals surface area (Å²) in [6.07, 6.45) is 4.31. The number of benzene rings is 1. The number of nitrogens with two attached hydrogens (primary N) is 1. The molecule has 0 radical (unpaired) electrons. The molecular formula is C16H25FN2O. The van der Waals surface area contributed by atoms with Gasteiger partial charge in [0.15, 0.2) is 0 Å². The van der Waals surface area contributed by atoms with Crippen molar-refractivity contribution in [2.75, 3.05) is 18.1 Å². The van der Waals surface area contributed by atoms with E-state index in [1.807, 2.05) is 13.0 Å². The van der Waals surface area contributed by atoms with E-state index in [1.54, 1.807) is 13.0 Å². The summed E-state index contributed by atoms with van der Waals surface area (Å²) in [5.74, 6) is -0.197. The zero-order valence-corrected chi connectivity index (χ0v) is 12.4. The van der Waals surface area contributed by atoms with Crippen molar-refractivity contribution >= 4 is 5.69 Å². The molecule has 1 fully saturated rings. The zero-order valence-electron chi connectivity index (χ0n) is 12.4. The molecule has 0 saturated heterocycles. The third kappa shape index (κ3) is 3.13. The summed E-state index contributed by atoms with van der Waals surface area (Å²) in [6, 6.07) is 3.78. The van der Waals surface area contributed by atoms with Gasteiger partial charge >= 0.3 is 0 Å². The summed E-state index contributed by atoms with van der Waals surface area (Å²) < 4.78 is 13.8. The molecule has 1 atom stereocenters. The lowest BCUT2D eigenvalue weighted by molar-refractivity contribution is 0.283. The smallest absolute Gasteiger partial charge is 0.126 e. The average molecular weight is 280 g/mol. The highest BCUT2D eigenvalue weighted by Crippen LogP contribution is 2.35. The normalized spacial score (nSPS) is 16.9. The second-order valence-electron chi connectivity index (χ2n) is 5.80. The van der Waals surface area contributed by atoms with Crippen molar-refractivity contribution in [3.8, 4) is 0 Å². The van der Waals surface area contributed by atoms with Crippen LogP contribution in [0.25, 0.3) is 0 Å². The highest BCUT2D eigenvalue weighted by molar-refractivity contribution is 5.58. The molecule has 1 aliphatic rings. The predicted molar refractivity (Wildman–Crippen MR) is 80.4 cm³/mol. The van der Waals surface area contributed by atoms with Crippen molar-refractivity contribution in [2.45, 2.75) is 51.6 Å². The van der Waals surface area contributed by atoms with E-state index in [9.17, 15) is 4.39 Å². The summed E-state index contributed by atoms with van der Waals surface area (Å²) in [5.41, 5.74) is 8.57. The summed E-state index contributed by atoms with van der Waals surface area (Å²) in [4.78, 5) is 2.31. The molecule has 112 valence electrons. The number of halogens is 1. The number of aryl methyl sites for hydroxylation is 1. The second-order valence-corrected chi connectivity index (χ2v) is 5.80. The van der Waals surface area contributed by atoms with Gasteiger partial charge in [-0.15, -0.1) is 0 Å². The first-order valence-corrected chi connectivity index (χ1v) is 7.47. The lowest BCUT2D eigenvalue weighted by atomic mass is 9.89. The number of anilines is 1. The first-order chi connectivity index (χ1) is 9.54. The maximum Gasteiger partial charge on any atom is 0.126 e. The van der Waals surface area contributed by atoms with Crippen molar-refractivity contribution in [2.24, 2.45) is 5.73 Å². The number of hydrogen-bond donors (Lipinski definition) is 2. The summed E-state index contributed by atoms with van der Waals surface area (Å²) >= 11 is 0. The van der Waals surface area contributed by atoms with Gasteiger partial charge in [0.05, 0.1) is 0 Å². The van der Waals surface area contributed by atoms with Crippen LogP contribution in [0.5, 0.6) is 0 Å². The van der Waals surface area contributed by atoms with Crippen LogP contribution < -0.4 is 10.6 Å². The third-order valence-corrected chi connectivity index (χ3v) is 4.18. The zero-order chi connectivity index (χ0) is 14.7. The van der Waals surface area contributed by atoms with Gasteiger partial charge in [0.1, 0.15) is 5.82 Å². The van der Waals surface area contributed by atoms with E-state index in [1.165, 1.54) is 19.3 Å². The van der Waals surface area contributed by atoms with Crippen molar-refractivity contribution in [1.29, 1.82) is 0 Å². The largest absolute Gasteiger partial charge is 0.396 e. The number of rotatable bonds is 6. The van der Waals surface area contributed by atoms with Crippen LogP contribution in [0.2, 0.25) is 0 Å².